The highest BCUT2D eigenvalue weighted by Crippen LogP contribution is 2.53. The minimum absolute atomic E-state index is 0.294. The monoisotopic (exact) mass is 333 g/mol. The number of hydrogen-bond acceptors (Lipinski definition) is 2. The Morgan fingerprint density at radius 3 is 2.83 bits per heavy atom. The van der Waals surface area contributed by atoms with Gasteiger partial charge in [0.05, 0.1) is 16.8 Å². The first-order valence-corrected chi connectivity index (χ1v) is 8.08. The second-order valence-corrected chi connectivity index (χ2v) is 7.24. The van der Waals surface area contributed by atoms with Crippen LogP contribution in [0.15, 0.2) is 24.4 Å². The summed E-state index contributed by atoms with van der Waals surface area (Å²) in [5.41, 5.74) is 2.65. The lowest BCUT2D eigenvalue weighted by Crippen LogP contribution is -2.61. The lowest BCUT2D eigenvalue weighted by atomic mass is 9.61. The average Bonchev–Trinajstić information content (AvgIpc) is 2.80. The number of aromatic nitrogens is 2. The summed E-state index contributed by atoms with van der Waals surface area (Å²) in [6, 6.07) is 4.69. The second kappa shape index (κ2) is 5.06. The number of amides is 1. The number of benzene rings is 1. The Balaban J connectivity index is 1.55. The minimum atomic E-state index is -0.315. The smallest absolute Gasteiger partial charge is 0.209 e. The van der Waals surface area contributed by atoms with Crippen LogP contribution in [0.5, 0.6) is 0 Å². The van der Waals surface area contributed by atoms with Crippen LogP contribution in [0.4, 0.5) is 4.39 Å². The van der Waals surface area contributed by atoms with Crippen LogP contribution in [0.3, 0.4) is 0 Å². The van der Waals surface area contributed by atoms with Gasteiger partial charge in [-0.2, -0.15) is 5.10 Å². The highest BCUT2D eigenvalue weighted by molar-refractivity contribution is 6.33. The number of carbonyl (C=O) groups is 1. The molecule has 2 aliphatic rings. The molecule has 2 fully saturated rings. The molecule has 1 aliphatic carbocycles. The molecule has 4 nitrogen and oxygen atoms in total. The number of halogens is 2. The molecule has 1 aliphatic heterocycles. The van der Waals surface area contributed by atoms with E-state index in [-0.39, 0.29) is 5.82 Å². The van der Waals surface area contributed by atoms with Gasteiger partial charge in [0.25, 0.3) is 0 Å². The van der Waals surface area contributed by atoms with Crippen molar-refractivity contribution in [1.82, 2.24) is 14.7 Å². The second-order valence-electron chi connectivity index (χ2n) is 6.84. The van der Waals surface area contributed by atoms with E-state index in [0.717, 1.165) is 43.6 Å². The van der Waals surface area contributed by atoms with Crippen molar-refractivity contribution in [3.63, 3.8) is 0 Å². The molecular weight excluding hydrogens is 317 g/mol. The first-order chi connectivity index (χ1) is 11.0. The zero-order valence-electron chi connectivity index (χ0n) is 12.8. The molecule has 120 valence electrons. The molecule has 1 amide bonds. The van der Waals surface area contributed by atoms with Gasteiger partial charge in [-0.3, -0.25) is 9.48 Å². The molecule has 2 aromatic rings. The van der Waals surface area contributed by atoms with Crippen LogP contribution < -0.4 is 0 Å². The van der Waals surface area contributed by atoms with Crippen molar-refractivity contribution >= 4 is 18.0 Å². The quantitative estimate of drug-likeness (QED) is 0.807. The van der Waals surface area contributed by atoms with Gasteiger partial charge in [0, 0.05) is 30.3 Å². The summed E-state index contributed by atoms with van der Waals surface area (Å²) in [7, 11) is 0. The Labute approximate surface area is 138 Å². The van der Waals surface area contributed by atoms with E-state index in [9.17, 15) is 9.18 Å². The Bertz CT molecular complexity index is 774. The van der Waals surface area contributed by atoms with Crippen molar-refractivity contribution in [2.24, 2.45) is 5.41 Å². The number of aryl methyl sites for hydroxylation is 1. The van der Waals surface area contributed by atoms with Crippen LogP contribution in [0, 0.1) is 18.2 Å². The largest absolute Gasteiger partial charge is 0.344 e. The third kappa shape index (κ3) is 2.34. The maximum absolute atomic E-state index is 13.5. The van der Waals surface area contributed by atoms with Crippen LogP contribution >= 0.6 is 11.6 Å². The Morgan fingerprint density at radius 1 is 1.39 bits per heavy atom. The van der Waals surface area contributed by atoms with Gasteiger partial charge < -0.3 is 4.90 Å². The number of carbonyl (C=O) groups excluding carboxylic acids is 1. The SMILES string of the molecule is Cc1cn(C2CC3(C2)CN(C=O)C3)nc1-c1cc(F)ccc1Cl. The highest BCUT2D eigenvalue weighted by atomic mass is 35.5. The number of rotatable bonds is 3. The molecule has 0 N–H and O–H groups in total. The van der Waals surface area contributed by atoms with Gasteiger partial charge in [-0.05, 0) is 43.5 Å². The van der Waals surface area contributed by atoms with Crippen LogP contribution in [0.2, 0.25) is 5.02 Å². The van der Waals surface area contributed by atoms with Crippen LogP contribution in [-0.2, 0) is 4.79 Å². The van der Waals surface area contributed by atoms with E-state index >= 15 is 0 Å². The first-order valence-electron chi connectivity index (χ1n) is 7.70. The Kier molecular flexibility index (Phi) is 3.23. The summed E-state index contributed by atoms with van der Waals surface area (Å²) in [6.45, 7) is 3.68. The van der Waals surface area contributed by atoms with Gasteiger partial charge in [-0.1, -0.05) is 11.6 Å². The van der Waals surface area contributed by atoms with Crippen LogP contribution in [0.1, 0.15) is 24.4 Å². The van der Waals surface area contributed by atoms with Gasteiger partial charge in [0.15, 0.2) is 0 Å². The molecule has 0 bridgehead atoms. The van der Waals surface area contributed by atoms with Crippen molar-refractivity contribution in [2.75, 3.05) is 13.1 Å². The molecule has 1 aromatic heterocycles. The highest BCUT2D eigenvalue weighted by Gasteiger charge is 2.53. The van der Waals surface area contributed by atoms with E-state index in [0.29, 0.717) is 22.0 Å². The fourth-order valence-corrected chi connectivity index (χ4v) is 4.10. The lowest BCUT2D eigenvalue weighted by Gasteiger charge is -2.57. The predicted octanol–water partition coefficient (Wildman–Crippen LogP) is 3.44. The molecule has 0 radical (unpaired) electrons. The zero-order valence-corrected chi connectivity index (χ0v) is 13.6. The summed E-state index contributed by atoms with van der Waals surface area (Å²) >= 11 is 6.19. The van der Waals surface area contributed by atoms with Gasteiger partial charge in [-0.15, -0.1) is 0 Å². The molecular formula is C17H17ClFN3O. The van der Waals surface area contributed by atoms with Crippen molar-refractivity contribution in [3.8, 4) is 11.3 Å². The van der Waals surface area contributed by atoms with Crippen molar-refractivity contribution in [2.45, 2.75) is 25.8 Å². The number of hydrogen-bond donors (Lipinski definition) is 0. The average molecular weight is 334 g/mol. The topological polar surface area (TPSA) is 38.1 Å². The van der Waals surface area contributed by atoms with Gasteiger partial charge in [0.1, 0.15) is 5.82 Å². The molecule has 6 heteroatoms. The maximum Gasteiger partial charge on any atom is 0.209 e. The van der Waals surface area contributed by atoms with Gasteiger partial charge in [-0.25, -0.2) is 4.39 Å². The van der Waals surface area contributed by atoms with Crippen molar-refractivity contribution in [3.05, 3.63) is 40.8 Å². The van der Waals surface area contributed by atoms with E-state index in [1.165, 1.54) is 12.1 Å². The number of likely N-dealkylation sites (tertiary alicyclic amines) is 1. The van der Waals surface area contributed by atoms with E-state index in [2.05, 4.69) is 5.10 Å². The summed E-state index contributed by atoms with van der Waals surface area (Å²) < 4.78 is 15.5. The van der Waals surface area contributed by atoms with Crippen molar-refractivity contribution in [1.29, 1.82) is 0 Å². The fraction of sp³-hybridized carbons (Fsp3) is 0.412. The molecule has 4 rings (SSSR count). The molecule has 1 aromatic carbocycles. The third-order valence-corrected chi connectivity index (χ3v) is 5.37. The van der Waals surface area contributed by atoms with Crippen molar-refractivity contribution < 1.29 is 9.18 Å². The lowest BCUT2D eigenvalue weighted by molar-refractivity contribution is -0.140. The van der Waals surface area contributed by atoms with E-state index in [4.69, 9.17) is 11.6 Å². The Morgan fingerprint density at radius 2 is 2.13 bits per heavy atom. The van der Waals surface area contributed by atoms with Crippen LogP contribution in [0.25, 0.3) is 11.3 Å². The Hall–Kier alpha value is -1.88. The predicted molar refractivity (Wildman–Crippen MR) is 85.7 cm³/mol. The molecule has 1 saturated carbocycles. The minimum Gasteiger partial charge on any atom is -0.344 e. The molecule has 0 atom stereocenters. The maximum atomic E-state index is 13.5. The molecule has 0 unspecified atom stereocenters. The first kappa shape index (κ1) is 14.7. The number of nitrogens with zero attached hydrogens (tertiary/aromatic N) is 3. The zero-order chi connectivity index (χ0) is 16.2. The fourth-order valence-electron chi connectivity index (χ4n) is 3.89. The van der Waals surface area contributed by atoms with Crippen LogP contribution in [-0.4, -0.2) is 34.2 Å². The van der Waals surface area contributed by atoms with E-state index < -0.39 is 0 Å². The summed E-state index contributed by atoms with van der Waals surface area (Å²) in [5, 5.41) is 5.15. The van der Waals surface area contributed by atoms with E-state index in [1.54, 1.807) is 6.07 Å². The van der Waals surface area contributed by atoms with E-state index in [1.807, 2.05) is 22.7 Å². The molecule has 23 heavy (non-hydrogen) atoms. The normalized spacial score (nSPS) is 19.5. The summed E-state index contributed by atoms with van der Waals surface area (Å²) in [5.74, 6) is -0.315. The molecule has 1 saturated heterocycles. The third-order valence-electron chi connectivity index (χ3n) is 5.04. The molecule has 2 heterocycles. The molecule has 1 spiro atoms. The van der Waals surface area contributed by atoms with Gasteiger partial charge >= 0.3 is 0 Å². The summed E-state index contributed by atoms with van der Waals surface area (Å²) in [6.07, 6.45) is 4.99. The summed E-state index contributed by atoms with van der Waals surface area (Å²) in [4.78, 5) is 12.5. The standard InChI is InChI=1S/C17H17ClFN3O/c1-11-7-22(13-5-17(6-13)8-21(9-17)10-23)20-16(11)14-4-12(19)2-3-15(14)18/h2-4,7,10,13H,5-6,8-9H2,1H3. The van der Waals surface area contributed by atoms with Gasteiger partial charge in [0.2, 0.25) is 6.41 Å².